The summed E-state index contributed by atoms with van der Waals surface area (Å²) in [6, 6.07) is 0. The molecule has 0 rings (SSSR count). The van der Waals surface area contributed by atoms with Crippen LogP contribution in [0.25, 0.3) is 0 Å². The van der Waals surface area contributed by atoms with E-state index in [1.807, 2.05) is 11.9 Å². The van der Waals surface area contributed by atoms with Gasteiger partial charge in [-0.1, -0.05) is 43.2 Å². The van der Waals surface area contributed by atoms with Gasteiger partial charge in [-0.25, -0.2) is 0 Å². The third kappa shape index (κ3) is 26.8. The molecule has 0 atom stereocenters. The fraction of sp³-hybridized carbons (Fsp3) is 0.826. The van der Waals surface area contributed by atoms with E-state index in [1.165, 1.54) is 0 Å². The van der Waals surface area contributed by atoms with Gasteiger partial charge in [-0.15, -0.1) is 0 Å². The van der Waals surface area contributed by atoms with Crippen molar-refractivity contribution in [1.82, 2.24) is 15.5 Å². The van der Waals surface area contributed by atoms with E-state index in [4.69, 9.17) is 18.9 Å². The minimum atomic E-state index is -0.272. The van der Waals surface area contributed by atoms with Gasteiger partial charge in [0.25, 0.3) is 0 Å². The molecular formula is C23H43N3O8S4. The summed E-state index contributed by atoms with van der Waals surface area (Å²) in [4.78, 5) is 48.3. The molecule has 0 unspecified atom stereocenters. The molecule has 0 radical (unpaired) electrons. The maximum absolute atomic E-state index is 11.9. The first-order chi connectivity index (χ1) is 18.4. The van der Waals surface area contributed by atoms with Crippen LogP contribution in [0.15, 0.2) is 0 Å². The van der Waals surface area contributed by atoms with Crippen LogP contribution in [0.2, 0.25) is 0 Å². The minimum absolute atomic E-state index is 0.209. The fourth-order valence-corrected chi connectivity index (χ4v) is 5.72. The molecule has 0 aliphatic heterocycles. The fourth-order valence-electron chi connectivity index (χ4n) is 2.41. The van der Waals surface area contributed by atoms with Crippen molar-refractivity contribution in [2.45, 2.75) is 25.7 Å². The molecule has 0 aromatic rings. The number of nitrogens with zero attached hydrogens (tertiary/aromatic N) is 1. The molecule has 0 aliphatic carbocycles. The number of carbonyl (C=O) groups is 4. The Labute approximate surface area is 242 Å². The van der Waals surface area contributed by atoms with Crippen LogP contribution in [0.4, 0.5) is 0 Å². The minimum Gasteiger partial charge on any atom is -0.465 e. The van der Waals surface area contributed by atoms with Gasteiger partial charge >= 0.3 is 23.9 Å². The van der Waals surface area contributed by atoms with Crippen LogP contribution in [0.1, 0.15) is 25.7 Å². The average Bonchev–Trinajstić information content (AvgIpc) is 2.91. The monoisotopic (exact) mass is 617 g/mol. The summed E-state index contributed by atoms with van der Waals surface area (Å²) in [5.74, 6) is 1.73. The predicted molar refractivity (Wildman–Crippen MR) is 157 cm³/mol. The summed E-state index contributed by atoms with van der Waals surface area (Å²) in [6.45, 7) is 3.60. The van der Waals surface area contributed by atoms with E-state index in [9.17, 15) is 19.2 Å². The molecular weight excluding hydrogens is 575 g/mol. The molecule has 0 saturated heterocycles. The van der Waals surface area contributed by atoms with Crippen LogP contribution in [0, 0.1) is 0 Å². The Bertz CT molecular complexity index is 598. The Morgan fingerprint density at radius 1 is 0.553 bits per heavy atom. The van der Waals surface area contributed by atoms with Crippen LogP contribution in [-0.4, -0.2) is 126 Å². The van der Waals surface area contributed by atoms with E-state index < -0.39 is 0 Å². The molecule has 0 heterocycles. The number of hydrogen-bond acceptors (Lipinski definition) is 15. The van der Waals surface area contributed by atoms with Gasteiger partial charge in [-0.3, -0.25) is 19.2 Å². The highest BCUT2D eigenvalue weighted by Crippen LogP contribution is 2.21. The lowest BCUT2D eigenvalue weighted by molar-refractivity contribution is -0.144. The van der Waals surface area contributed by atoms with Gasteiger partial charge in [0.15, 0.2) is 0 Å². The smallest absolute Gasteiger partial charge is 0.307 e. The molecule has 222 valence electrons. The van der Waals surface area contributed by atoms with E-state index >= 15 is 0 Å². The first-order valence-electron chi connectivity index (χ1n) is 12.5. The lowest BCUT2D eigenvalue weighted by Gasteiger charge is -2.15. The molecule has 2 N–H and O–H groups in total. The van der Waals surface area contributed by atoms with Gasteiger partial charge in [0.2, 0.25) is 0 Å². The molecule has 0 aromatic carbocycles. The lowest BCUT2D eigenvalue weighted by atomic mass is 10.3. The van der Waals surface area contributed by atoms with Crippen LogP contribution in [0.5, 0.6) is 0 Å². The molecule has 38 heavy (non-hydrogen) atoms. The highest BCUT2D eigenvalue weighted by atomic mass is 33.1. The molecule has 0 aliphatic rings. The summed E-state index contributed by atoms with van der Waals surface area (Å²) >= 11 is 0. The second kappa shape index (κ2) is 27.7. The molecule has 0 amide bonds. The quantitative estimate of drug-likeness (QED) is 0.0633. The van der Waals surface area contributed by atoms with Crippen molar-refractivity contribution < 1.29 is 38.1 Å². The predicted octanol–water partition coefficient (Wildman–Crippen LogP) is 1.85. The van der Waals surface area contributed by atoms with Crippen LogP contribution < -0.4 is 10.6 Å². The normalized spacial score (nSPS) is 10.8. The average molecular weight is 618 g/mol. The van der Waals surface area contributed by atoms with E-state index in [0.717, 1.165) is 0 Å². The Kier molecular flexibility index (Phi) is 27.1. The van der Waals surface area contributed by atoms with E-state index in [0.29, 0.717) is 88.5 Å². The molecule has 0 bridgehead atoms. The molecule has 0 aromatic heterocycles. The summed E-state index contributed by atoms with van der Waals surface area (Å²) in [7, 11) is 11.7. The van der Waals surface area contributed by atoms with Crippen molar-refractivity contribution in [2.24, 2.45) is 0 Å². The summed E-state index contributed by atoms with van der Waals surface area (Å²) in [6.07, 6.45) is 1.24. The number of carbonyl (C=O) groups excluding carboxylic acids is 4. The Morgan fingerprint density at radius 2 is 0.842 bits per heavy atom. The van der Waals surface area contributed by atoms with Crippen LogP contribution >= 0.6 is 43.2 Å². The Balaban J connectivity index is 3.52. The third-order valence-electron chi connectivity index (χ3n) is 4.44. The lowest BCUT2D eigenvalue weighted by Crippen LogP contribution is -2.26. The second-order valence-corrected chi connectivity index (χ2v) is 13.1. The molecule has 0 spiro atoms. The zero-order valence-corrected chi connectivity index (χ0v) is 25.9. The van der Waals surface area contributed by atoms with Crippen molar-refractivity contribution in [3.8, 4) is 0 Å². The first-order valence-corrected chi connectivity index (χ1v) is 17.5. The van der Waals surface area contributed by atoms with Gasteiger partial charge in [0.1, 0.15) is 26.4 Å². The topological polar surface area (TPSA) is 132 Å². The zero-order valence-electron chi connectivity index (χ0n) is 22.7. The zero-order chi connectivity index (χ0) is 28.3. The summed E-state index contributed by atoms with van der Waals surface area (Å²) in [5, 5.41) is 5.79. The van der Waals surface area contributed by atoms with Crippen molar-refractivity contribution in [1.29, 1.82) is 0 Å². The summed E-state index contributed by atoms with van der Waals surface area (Å²) < 4.78 is 20.6. The van der Waals surface area contributed by atoms with Crippen molar-refractivity contribution >= 4 is 67.1 Å². The number of ether oxygens (including phenoxy) is 4. The van der Waals surface area contributed by atoms with Gasteiger partial charge in [0, 0.05) is 49.2 Å². The van der Waals surface area contributed by atoms with Gasteiger partial charge in [-0.2, -0.15) is 0 Å². The maximum Gasteiger partial charge on any atom is 0.307 e. The molecule has 11 nitrogen and oxygen atoms in total. The Morgan fingerprint density at radius 3 is 1.13 bits per heavy atom. The Hall–Kier alpha value is -0.840. The standard InChI is InChI=1S/C23H43N3O8S4/c1-24-8-4-20(27)31-12-16-35-37-18-14-33-22(29)6-10-26(3)11-7-23(30)34-15-19-38-36-17-13-32-21(28)5-9-25-2/h24-25H,4-19H2,1-3H3. The van der Waals surface area contributed by atoms with Crippen molar-refractivity contribution in [3.63, 3.8) is 0 Å². The second-order valence-electron chi connectivity index (χ2n) is 7.68. The van der Waals surface area contributed by atoms with Gasteiger partial charge in [-0.05, 0) is 21.1 Å². The van der Waals surface area contributed by atoms with Crippen LogP contribution in [0.3, 0.4) is 0 Å². The van der Waals surface area contributed by atoms with Crippen LogP contribution in [-0.2, 0) is 38.1 Å². The van der Waals surface area contributed by atoms with E-state index in [1.54, 1.807) is 57.3 Å². The third-order valence-corrected chi connectivity index (χ3v) is 9.11. The first kappa shape index (κ1) is 37.2. The highest BCUT2D eigenvalue weighted by molar-refractivity contribution is 8.77. The van der Waals surface area contributed by atoms with E-state index in [-0.39, 0.29) is 36.7 Å². The molecule has 15 heteroatoms. The number of rotatable bonds is 26. The maximum atomic E-state index is 11.9. The number of esters is 4. The van der Waals surface area contributed by atoms with Gasteiger partial charge in [0.05, 0.1) is 25.7 Å². The van der Waals surface area contributed by atoms with Crippen molar-refractivity contribution in [2.75, 3.05) is 96.8 Å². The number of nitrogens with one attached hydrogen (secondary N) is 2. The van der Waals surface area contributed by atoms with E-state index in [2.05, 4.69) is 10.6 Å². The highest BCUT2D eigenvalue weighted by Gasteiger charge is 2.09. The molecule has 0 saturated carbocycles. The number of hydrogen-bond donors (Lipinski definition) is 2. The van der Waals surface area contributed by atoms with Gasteiger partial charge < -0.3 is 34.5 Å². The largest absolute Gasteiger partial charge is 0.465 e. The van der Waals surface area contributed by atoms with Crippen molar-refractivity contribution in [3.05, 3.63) is 0 Å². The summed E-state index contributed by atoms with van der Waals surface area (Å²) in [5.41, 5.74) is 0. The molecule has 0 fully saturated rings. The SMILES string of the molecule is CNCCC(=O)OCCSSCCOC(=O)CCN(C)CCC(=O)OCCSSCCOC(=O)CCNC.